The number of hydrogen-bond acceptors (Lipinski definition) is 4. The first-order valence-corrected chi connectivity index (χ1v) is 9.23. The first-order chi connectivity index (χ1) is 12.7. The number of allylic oxidation sites excluding steroid dienone is 1. The molecule has 1 fully saturated rings. The van der Waals surface area contributed by atoms with Gasteiger partial charge in [0.15, 0.2) is 0 Å². The molecule has 0 amide bonds. The third-order valence-electron chi connectivity index (χ3n) is 5.47. The average molecular weight is 374 g/mol. The van der Waals surface area contributed by atoms with E-state index in [9.17, 15) is 15.0 Å². The van der Waals surface area contributed by atoms with E-state index in [1.807, 2.05) is 44.2 Å². The highest BCUT2D eigenvalue weighted by atomic mass is 16.5. The zero-order valence-electron chi connectivity index (χ0n) is 16.6. The highest BCUT2D eigenvalue weighted by molar-refractivity contribution is 5.69. The molecule has 1 aromatic carbocycles. The molecule has 0 saturated carbocycles. The molecule has 4 atom stereocenters. The molecule has 1 aromatic rings. The van der Waals surface area contributed by atoms with Crippen LogP contribution in [0.15, 0.2) is 36.9 Å². The molecular formula is C22H30O5. The molecule has 0 bridgehead atoms. The maximum atomic E-state index is 11.6. The van der Waals surface area contributed by atoms with Crippen LogP contribution < -0.4 is 4.74 Å². The van der Waals surface area contributed by atoms with Gasteiger partial charge in [-0.1, -0.05) is 30.4 Å². The molecule has 2 N–H and O–H groups in total. The van der Waals surface area contributed by atoms with Crippen molar-refractivity contribution in [2.75, 3.05) is 7.11 Å². The zero-order valence-corrected chi connectivity index (χ0v) is 16.6. The Labute approximate surface area is 161 Å². The van der Waals surface area contributed by atoms with E-state index in [2.05, 4.69) is 6.58 Å². The molecule has 5 nitrogen and oxygen atoms in total. The molecule has 5 heteroatoms. The van der Waals surface area contributed by atoms with Gasteiger partial charge in [-0.2, -0.15) is 0 Å². The van der Waals surface area contributed by atoms with Crippen LogP contribution in [0.2, 0.25) is 0 Å². The van der Waals surface area contributed by atoms with Gasteiger partial charge in [0.1, 0.15) is 5.75 Å². The van der Waals surface area contributed by atoms with Crippen molar-refractivity contribution in [2.24, 2.45) is 0 Å². The fourth-order valence-corrected chi connectivity index (χ4v) is 3.76. The highest BCUT2D eigenvalue weighted by Crippen LogP contribution is 2.45. The first-order valence-electron chi connectivity index (χ1n) is 9.23. The van der Waals surface area contributed by atoms with Crippen molar-refractivity contribution in [2.45, 2.75) is 63.3 Å². The van der Waals surface area contributed by atoms with E-state index < -0.39 is 29.2 Å². The fraction of sp³-hybridized carbons (Fsp3) is 0.500. The molecule has 1 saturated heterocycles. The van der Waals surface area contributed by atoms with Gasteiger partial charge in [-0.05, 0) is 45.2 Å². The summed E-state index contributed by atoms with van der Waals surface area (Å²) >= 11 is 0. The van der Waals surface area contributed by atoms with E-state index in [1.54, 1.807) is 20.1 Å². The minimum absolute atomic E-state index is 0.225. The van der Waals surface area contributed by atoms with Crippen molar-refractivity contribution in [3.8, 4) is 5.75 Å². The van der Waals surface area contributed by atoms with Crippen LogP contribution in [0, 0.1) is 0 Å². The van der Waals surface area contributed by atoms with Crippen molar-refractivity contribution < 1.29 is 24.5 Å². The number of carboxylic acid groups (broad SMARTS) is 1. The number of hydrogen-bond donors (Lipinski definition) is 2. The summed E-state index contributed by atoms with van der Waals surface area (Å²) in [4.78, 5) is 11.6. The molecule has 27 heavy (non-hydrogen) atoms. The van der Waals surface area contributed by atoms with Gasteiger partial charge in [0.05, 0.1) is 30.8 Å². The molecule has 0 spiro atoms. The second-order valence-corrected chi connectivity index (χ2v) is 7.54. The predicted molar refractivity (Wildman–Crippen MR) is 106 cm³/mol. The van der Waals surface area contributed by atoms with Gasteiger partial charge in [0.25, 0.3) is 0 Å². The normalized spacial score (nSPS) is 25.9. The van der Waals surface area contributed by atoms with E-state index in [-0.39, 0.29) is 6.42 Å². The minimum Gasteiger partial charge on any atom is -0.496 e. The van der Waals surface area contributed by atoms with E-state index in [4.69, 9.17) is 9.47 Å². The van der Waals surface area contributed by atoms with Gasteiger partial charge in [0.2, 0.25) is 0 Å². The number of carbonyl (C=O) groups is 1. The smallest absolute Gasteiger partial charge is 0.304 e. The summed E-state index contributed by atoms with van der Waals surface area (Å²) in [6.45, 7) is 9.31. The number of methoxy groups -OCH3 is 1. The Morgan fingerprint density at radius 3 is 2.78 bits per heavy atom. The third-order valence-corrected chi connectivity index (χ3v) is 5.47. The molecule has 1 aliphatic heterocycles. The topological polar surface area (TPSA) is 76.0 Å². The lowest BCUT2D eigenvalue weighted by molar-refractivity contribution is -0.145. The van der Waals surface area contributed by atoms with Gasteiger partial charge in [-0.25, -0.2) is 0 Å². The fourth-order valence-electron chi connectivity index (χ4n) is 3.76. The molecule has 0 aromatic heterocycles. The lowest BCUT2D eigenvalue weighted by atomic mass is 9.76. The van der Waals surface area contributed by atoms with Crippen LogP contribution in [0.3, 0.4) is 0 Å². The first kappa shape index (κ1) is 21.2. The van der Waals surface area contributed by atoms with Crippen LogP contribution in [-0.4, -0.2) is 40.6 Å². The lowest BCUT2D eigenvalue weighted by Crippen LogP contribution is -2.46. The van der Waals surface area contributed by atoms with Crippen molar-refractivity contribution >= 4 is 12.0 Å². The number of aliphatic carboxylic acids is 1. The lowest BCUT2D eigenvalue weighted by Gasteiger charge is -2.38. The zero-order chi connectivity index (χ0) is 20.2. The summed E-state index contributed by atoms with van der Waals surface area (Å²) in [6, 6.07) is 5.58. The van der Waals surface area contributed by atoms with Crippen LogP contribution >= 0.6 is 0 Å². The number of benzene rings is 1. The van der Waals surface area contributed by atoms with Crippen molar-refractivity contribution in [1.82, 2.24) is 0 Å². The van der Waals surface area contributed by atoms with Crippen LogP contribution in [0.5, 0.6) is 5.75 Å². The van der Waals surface area contributed by atoms with E-state index in [0.29, 0.717) is 17.7 Å². The second-order valence-electron chi connectivity index (χ2n) is 7.54. The van der Waals surface area contributed by atoms with Gasteiger partial charge in [-0.15, -0.1) is 6.58 Å². The predicted octanol–water partition coefficient (Wildman–Crippen LogP) is 4.16. The van der Waals surface area contributed by atoms with Crippen molar-refractivity contribution in [3.63, 3.8) is 0 Å². The number of aliphatic hydroxyl groups is 1. The molecule has 0 radical (unpaired) electrons. The highest BCUT2D eigenvalue weighted by Gasteiger charge is 2.48. The number of carboxylic acids is 1. The average Bonchev–Trinajstić information content (AvgIpc) is 3.03. The van der Waals surface area contributed by atoms with Crippen molar-refractivity contribution in [1.29, 1.82) is 0 Å². The summed E-state index contributed by atoms with van der Waals surface area (Å²) in [5.41, 5.74) is -0.284. The Kier molecular flexibility index (Phi) is 6.50. The molecular weight excluding hydrogens is 344 g/mol. The van der Waals surface area contributed by atoms with Crippen LogP contribution in [0.1, 0.15) is 57.1 Å². The largest absolute Gasteiger partial charge is 0.496 e. The summed E-state index contributed by atoms with van der Waals surface area (Å²) in [5.74, 6) is -1.10. The molecule has 148 valence electrons. The van der Waals surface area contributed by atoms with E-state index in [0.717, 1.165) is 12.0 Å². The van der Waals surface area contributed by atoms with Crippen molar-refractivity contribution in [3.05, 3.63) is 48.1 Å². The Morgan fingerprint density at radius 1 is 1.56 bits per heavy atom. The summed E-state index contributed by atoms with van der Waals surface area (Å²) in [5, 5.41) is 20.9. The third kappa shape index (κ3) is 4.60. The van der Waals surface area contributed by atoms with Gasteiger partial charge in [0, 0.05) is 11.5 Å². The molecule has 1 aliphatic rings. The monoisotopic (exact) mass is 374 g/mol. The van der Waals surface area contributed by atoms with Crippen LogP contribution in [-0.2, 0) is 9.53 Å². The Hall–Kier alpha value is -2.11. The Bertz CT molecular complexity index is 721. The van der Waals surface area contributed by atoms with E-state index >= 15 is 0 Å². The summed E-state index contributed by atoms with van der Waals surface area (Å²) in [7, 11) is 1.55. The minimum atomic E-state index is -1.38. The van der Waals surface area contributed by atoms with Crippen LogP contribution in [0.4, 0.5) is 0 Å². The van der Waals surface area contributed by atoms with Gasteiger partial charge in [-0.3, -0.25) is 4.79 Å². The second kappa shape index (κ2) is 8.28. The van der Waals surface area contributed by atoms with E-state index in [1.165, 1.54) is 0 Å². The quantitative estimate of drug-likeness (QED) is 0.668. The summed E-state index contributed by atoms with van der Waals surface area (Å²) < 4.78 is 11.6. The Morgan fingerprint density at radius 2 is 2.26 bits per heavy atom. The number of rotatable bonds is 8. The maximum absolute atomic E-state index is 11.6. The SMILES string of the molecule is C=CC1(C)CCC(C(C)(O)C(CC(=O)O)c2ccc(C=CC)cc2OC)O1. The van der Waals surface area contributed by atoms with Crippen LogP contribution in [0.25, 0.3) is 6.08 Å². The molecule has 4 unspecified atom stereocenters. The van der Waals surface area contributed by atoms with Gasteiger partial charge >= 0.3 is 5.97 Å². The number of ether oxygens (including phenoxy) is 2. The molecule has 1 heterocycles. The standard InChI is InChI=1S/C22H30O5/c1-6-8-15-9-10-16(18(13-15)26-5)17(14-20(23)24)22(4,25)19-11-12-21(3,7-2)27-19/h6-10,13,17,19,25H,2,11-12,14H2,1,3-5H3,(H,23,24). The summed E-state index contributed by atoms with van der Waals surface area (Å²) in [6.07, 6.45) is 6.23. The Balaban J connectivity index is 2.46. The molecule has 0 aliphatic carbocycles. The van der Waals surface area contributed by atoms with Gasteiger partial charge < -0.3 is 19.7 Å². The maximum Gasteiger partial charge on any atom is 0.304 e. The molecule has 2 rings (SSSR count).